The van der Waals surface area contributed by atoms with Gasteiger partial charge < -0.3 is 10.1 Å². The van der Waals surface area contributed by atoms with Gasteiger partial charge in [-0.3, -0.25) is 0 Å². The monoisotopic (exact) mass is 429 g/mol. The van der Waals surface area contributed by atoms with E-state index in [1.165, 1.54) is 11.3 Å². The van der Waals surface area contributed by atoms with Crippen molar-refractivity contribution in [2.24, 2.45) is 0 Å². The van der Waals surface area contributed by atoms with E-state index in [4.69, 9.17) is 27.9 Å². The highest BCUT2D eigenvalue weighted by atomic mass is 79.9. The van der Waals surface area contributed by atoms with Crippen molar-refractivity contribution in [3.63, 3.8) is 0 Å². The van der Waals surface area contributed by atoms with Gasteiger partial charge in [-0.1, -0.05) is 50.5 Å². The highest BCUT2D eigenvalue weighted by Gasteiger charge is 2.07. The molecule has 8 heteroatoms. The highest BCUT2D eigenvalue weighted by molar-refractivity contribution is 9.10. The molecule has 118 valence electrons. The standard InChI is InChI=1S/C15H10BrCl2N3OS/c16-9-1-4-11(5-2-9)19-15-21-20-14(23-15)8-22-13-6-3-10(17)7-12(13)18/h1-7H,8H2,(H,19,21). The van der Waals surface area contributed by atoms with E-state index in [9.17, 15) is 0 Å². The predicted molar refractivity (Wildman–Crippen MR) is 98.1 cm³/mol. The van der Waals surface area contributed by atoms with Crippen molar-refractivity contribution in [3.05, 3.63) is 62.0 Å². The van der Waals surface area contributed by atoms with Crippen LogP contribution >= 0.6 is 50.5 Å². The van der Waals surface area contributed by atoms with Crippen molar-refractivity contribution in [1.29, 1.82) is 0 Å². The maximum atomic E-state index is 6.06. The fourth-order valence-electron chi connectivity index (χ4n) is 1.75. The van der Waals surface area contributed by atoms with Crippen LogP contribution < -0.4 is 10.1 Å². The molecular formula is C15H10BrCl2N3OS. The summed E-state index contributed by atoms with van der Waals surface area (Å²) < 4.78 is 6.66. The van der Waals surface area contributed by atoms with Crippen LogP contribution in [0, 0.1) is 0 Å². The van der Waals surface area contributed by atoms with E-state index in [0.717, 1.165) is 15.2 Å². The molecule has 0 saturated carbocycles. The third-order valence-electron chi connectivity index (χ3n) is 2.81. The summed E-state index contributed by atoms with van der Waals surface area (Å²) in [7, 11) is 0. The Bertz CT molecular complexity index is 811. The molecule has 0 amide bonds. The molecule has 3 rings (SSSR count). The van der Waals surface area contributed by atoms with Gasteiger partial charge in [0.25, 0.3) is 0 Å². The lowest BCUT2D eigenvalue weighted by atomic mass is 10.3. The van der Waals surface area contributed by atoms with Crippen LogP contribution in [0.4, 0.5) is 10.8 Å². The molecule has 0 saturated heterocycles. The molecular weight excluding hydrogens is 421 g/mol. The van der Waals surface area contributed by atoms with Gasteiger partial charge in [-0.15, -0.1) is 10.2 Å². The smallest absolute Gasteiger partial charge is 0.210 e. The van der Waals surface area contributed by atoms with Crippen molar-refractivity contribution in [1.82, 2.24) is 10.2 Å². The fraction of sp³-hybridized carbons (Fsp3) is 0.0667. The van der Waals surface area contributed by atoms with Crippen LogP contribution in [-0.4, -0.2) is 10.2 Å². The number of halogens is 3. The van der Waals surface area contributed by atoms with Crippen LogP contribution in [0.1, 0.15) is 5.01 Å². The molecule has 0 aliphatic carbocycles. The van der Waals surface area contributed by atoms with Crippen molar-refractivity contribution < 1.29 is 4.74 Å². The average molecular weight is 431 g/mol. The summed E-state index contributed by atoms with van der Waals surface area (Å²) in [5.74, 6) is 0.564. The first-order valence-corrected chi connectivity index (χ1v) is 8.89. The van der Waals surface area contributed by atoms with E-state index in [1.54, 1.807) is 18.2 Å². The van der Waals surface area contributed by atoms with E-state index in [2.05, 4.69) is 31.4 Å². The zero-order chi connectivity index (χ0) is 16.2. The lowest BCUT2D eigenvalue weighted by Gasteiger charge is -2.05. The Morgan fingerprint density at radius 2 is 1.87 bits per heavy atom. The lowest BCUT2D eigenvalue weighted by Crippen LogP contribution is -1.95. The third-order valence-corrected chi connectivity index (χ3v) is 4.68. The summed E-state index contributed by atoms with van der Waals surface area (Å²) in [4.78, 5) is 0. The van der Waals surface area contributed by atoms with E-state index >= 15 is 0 Å². The first-order valence-electron chi connectivity index (χ1n) is 6.53. The molecule has 1 N–H and O–H groups in total. The molecule has 4 nitrogen and oxygen atoms in total. The molecule has 0 spiro atoms. The van der Waals surface area contributed by atoms with Gasteiger partial charge in [-0.25, -0.2) is 0 Å². The second-order valence-corrected chi connectivity index (χ2v) is 7.32. The van der Waals surface area contributed by atoms with Crippen LogP contribution in [0.3, 0.4) is 0 Å². The molecule has 0 radical (unpaired) electrons. The van der Waals surface area contributed by atoms with Gasteiger partial charge in [0.1, 0.15) is 12.4 Å². The molecule has 0 fully saturated rings. The van der Waals surface area contributed by atoms with Crippen LogP contribution in [-0.2, 0) is 6.61 Å². The van der Waals surface area contributed by atoms with Gasteiger partial charge in [0.2, 0.25) is 5.13 Å². The normalized spacial score (nSPS) is 10.6. The minimum Gasteiger partial charge on any atom is -0.485 e. The van der Waals surface area contributed by atoms with Gasteiger partial charge in [0.15, 0.2) is 5.01 Å². The SMILES string of the molecule is Clc1ccc(OCc2nnc(Nc3ccc(Br)cc3)s2)c(Cl)c1. The molecule has 2 aromatic carbocycles. The quantitative estimate of drug-likeness (QED) is 0.544. The van der Waals surface area contributed by atoms with Crippen LogP contribution in [0.15, 0.2) is 46.9 Å². The number of hydrogen-bond donors (Lipinski definition) is 1. The number of nitrogens with one attached hydrogen (secondary N) is 1. The van der Waals surface area contributed by atoms with Gasteiger partial charge in [-0.2, -0.15) is 0 Å². The van der Waals surface area contributed by atoms with Crippen LogP contribution in [0.2, 0.25) is 10.0 Å². The highest BCUT2D eigenvalue weighted by Crippen LogP contribution is 2.29. The molecule has 0 aliphatic rings. The zero-order valence-electron chi connectivity index (χ0n) is 11.6. The molecule has 0 bridgehead atoms. The number of nitrogens with zero attached hydrogens (tertiary/aromatic N) is 2. The van der Waals surface area contributed by atoms with Crippen molar-refractivity contribution >= 4 is 61.3 Å². The summed E-state index contributed by atoms with van der Waals surface area (Å²) >= 11 is 16.7. The minimum absolute atomic E-state index is 0.293. The van der Waals surface area contributed by atoms with E-state index < -0.39 is 0 Å². The Balaban J connectivity index is 1.62. The van der Waals surface area contributed by atoms with E-state index in [1.807, 2.05) is 24.3 Å². The average Bonchev–Trinajstić information content (AvgIpc) is 2.96. The number of anilines is 2. The second kappa shape index (κ2) is 7.49. The Morgan fingerprint density at radius 1 is 1.09 bits per heavy atom. The summed E-state index contributed by atoms with van der Waals surface area (Å²) in [5, 5.41) is 13.9. The minimum atomic E-state index is 0.293. The van der Waals surface area contributed by atoms with E-state index in [-0.39, 0.29) is 0 Å². The molecule has 0 unspecified atom stereocenters. The maximum Gasteiger partial charge on any atom is 0.210 e. The third kappa shape index (κ3) is 4.57. The van der Waals surface area contributed by atoms with Crippen molar-refractivity contribution in [2.45, 2.75) is 6.61 Å². The Kier molecular flexibility index (Phi) is 5.38. The Labute approximate surface area is 155 Å². The first kappa shape index (κ1) is 16.5. The van der Waals surface area contributed by atoms with Gasteiger partial charge in [-0.05, 0) is 42.5 Å². The molecule has 23 heavy (non-hydrogen) atoms. The second-order valence-electron chi connectivity index (χ2n) is 4.50. The van der Waals surface area contributed by atoms with Crippen LogP contribution in [0.5, 0.6) is 5.75 Å². The lowest BCUT2D eigenvalue weighted by molar-refractivity contribution is 0.305. The van der Waals surface area contributed by atoms with Gasteiger partial charge >= 0.3 is 0 Å². The maximum absolute atomic E-state index is 6.06. The molecule has 1 heterocycles. The summed E-state index contributed by atoms with van der Waals surface area (Å²) in [6.07, 6.45) is 0. The molecule has 0 aliphatic heterocycles. The summed E-state index contributed by atoms with van der Waals surface area (Å²) in [5.41, 5.74) is 0.942. The first-order chi connectivity index (χ1) is 11.1. The van der Waals surface area contributed by atoms with Crippen LogP contribution in [0.25, 0.3) is 0 Å². The van der Waals surface area contributed by atoms with Gasteiger partial charge in [0, 0.05) is 15.2 Å². The summed E-state index contributed by atoms with van der Waals surface area (Å²) in [6, 6.07) is 12.9. The molecule has 0 atom stereocenters. The predicted octanol–water partition coefficient (Wildman–Crippen LogP) is 5.93. The Morgan fingerprint density at radius 3 is 2.61 bits per heavy atom. The number of ether oxygens (including phenoxy) is 1. The number of hydrogen-bond acceptors (Lipinski definition) is 5. The van der Waals surface area contributed by atoms with E-state index in [0.29, 0.717) is 27.5 Å². The van der Waals surface area contributed by atoms with Gasteiger partial charge in [0.05, 0.1) is 5.02 Å². The van der Waals surface area contributed by atoms with Crippen molar-refractivity contribution in [2.75, 3.05) is 5.32 Å². The fourth-order valence-corrected chi connectivity index (χ4v) is 3.15. The number of benzene rings is 2. The zero-order valence-corrected chi connectivity index (χ0v) is 15.5. The number of aromatic nitrogens is 2. The number of rotatable bonds is 5. The summed E-state index contributed by atoms with van der Waals surface area (Å²) in [6.45, 7) is 0.293. The Hall–Kier alpha value is -1.34. The largest absolute Gasteiger partial charge is 0.485 e. The molecule has 3 aromatic rings. The topological polar surface area (TPSA) is 47.0 Å². The molecule has 1 aromatic heterocycles. The van der Waals surface area contributed by atoms with Crippen molar-refractivity contribution in [3.8, 4) is 5.75 Å².